The topological polar surface area (TPSA) is 15.8 Å². The summed E-state index contributed by atoms with van der Waals surface area (Å²) < 4.78 is 0. The first kappa shape index (κ1) is 10.1. The summed E-state index contributed by atoms with van der Waals surface area (Å²) in [6.07, 6.45) is 7.73. The average molecular weight is 247 g/mol. The quantitative estimate of drug-likeness (QED) is 0.609. The maximum absolute atomic E-state index is 3.64. The zero-order chi connectivity index (χ0) is 12.4. The third-order valence-corrected chi connectivity index (χ3v) is 5.08. The Morgan fingerprint density at radius 1 is 0.632 bits per heavy atom. The highest BCUT2D eigenvalue weighted by Crippen LogP contribution is 2.39. The van der Waals surface area contributed by atoms with E-state index in [1.165, 1.54) is 49.6 Å². The minimum atomic E-state index is 1.27. The second-order valence-corrected chi connectivity index (χ2v) is 6.08. The van der Waals surface area contributed by atoms with Gasteiger partial charge in [0.15, 0.2) is 0 Å². The molecule has 2 aromatic carbocycles. The fourth-order valence-corrected chi connectivity index (χ4v) is 4.26. The molecule has 0 atom stereocenters. The third-order valence-electron chi connectivity index (χ3n) is 5.08. The van der Waals surface area contributed by atoms with Crippen LogP contribution in [0.25, 0.3) is 21.8 Å². The van der Waals surface area contributed by atoms with Gasteiger partial charge in [0.25, 0.3) is 0 Å². The van der Waals surface area contributed by atoms with Crippen molar-refractivity contribution in [2.75, 3.05) is 0 Å². The van der Waals surface area contributed by atoms with E-state index in [4.69, 9.17) is 0 Å². The van der Waals surface area contributed by atoms with Crippen LogP contribution in [0, 0.1) is 0 Å². The Bertz CT molecular complexity index is 754. The van der Waals surface area contributed by atoms with Crippen LogP contribution >= 0.6 is 0 Å². The first-order chi connectivity index (χ1) is 9.42. The number of aryl methyl sites for hydroxylation is 4. The number of rotatable bonds is 0. The van der Waals surface area contributed by atoms with E-state index in [0.717, 1.165) is 0 Å². The van der Waals surface area contributed by atoms with E-state index >= 15 is 0 Å². The largest absolute Gasteiger partial charge is 0.354 e. The minimum absolute atomic E-state index is 1.27. The van der Waals surface area contributed by atoms with Gasteiger partial charge in [-0.15, -0.1) is 0 Å². The Hall–Kier alpha value is -1.76. The predicted octanol–water partition coefficient (Wildman–Crippen LogP) is 4.30. The van der Waals surface area contributed by atoms with E-state index < -0.39 is 0 Å². The third kappa shape index (κ3) is 1.21. The van der Waals surface area contributed by atoms with Gasteiger partial charge in [-0.1, -0.05) is 12.1 Å². The molecule has 0 bridgehead atoms. The lowest BCUT2D eigenvalue weighted by Crippen LogP contribution is -1.86. The van der Waals surface area contributed by atoms with E-state index in [-0.39, 0.29) is 0 Å². The van der Waals surface area contributed by atoms with Crippen molar-refractivity contribution in [2.24, 2.45) is 0 Å². The summed E-state index contributed by atoms with van der Waals surface area (Å²) in [4.78, 5) is 3.64. The van der Waals surface area contributed by atoms with Gasteiger partial charge in [0.1, 0.15) is 0 Å². The van der Waals surface area contributed by atoms with E-state index in [1.807, 2.05) is 0 Å². The Balaban J connectivity index is 2.03. The van der Waals surface area contributed by atoms with Gasteiger partial charge in [-0.05, 0) is 72.9 Å². The first-order valence-corrected chi connectivity index (χ1v) is 7.49. The Morgan fingerprint density at radius 3 is 1.68 bits per heavy atom. The van der Waals surface area contributed by atoms with E-state index in [2.05, 4.69) is 29.2 Å². The van der Waals surface area contributed by atoms with Gasteiger partial charge in [0.05, 0.1) is 0 Å². The Morgan fingerprint density at radius 2 is 1.16 bits per heavy atom. The van der Waals surface area contributed by atoms with Crippen LogP contribution in [-0.2, 0) is 25.7 Å². The number of aromatic amines is 1. The van der Waals surface area contributed by atoms with Crippen LogP contribution in [-0.4, -0.2) is 4.98 Å². The average Bonchev–Trinajstić information content (AvgIpc) is 3.13. The molecule has 0 spiro atoms. The number of nitrogens with one attached hydrogen (secondary N) is 1. The van der Waals surface area contributed by atoms with E-state index in [0.29, 0.717) is 0 Å². The normalized spacial score (nSPS) is 17.3. The van der Waals surface area contributed by atoms with Gasteiger partial charge < -0.3 is 4.98 Å². The highest BCUT2D eigenvalue weighted by Gasteiger charge is 2.21. The molecule has 94 valence electrons. The zero-order valence-electron chi connectivity index (χ0n) is 11.1. The molecule has 0 unspecified atom stereocenters. The number of aromatic nitrogens is 1. The second-order valence-electron chi connectivity index (χ2n) is 6.08. The Labute approximate surface area is 112 Å². The van der Waals surface area contributed by atoms with Crippen molar-refractivity contribution in [3.63, 3.8) is 0 Å². The van der Waals surface area contributed by atoms with Crippen molar-refractivity contribution >= 4 is 21.8 Å². The standard InChI is InChI=1S/C18H17N/c1-3-11-7-9-15-17(13(11)5-1)18-14-6-2-4-12(14)8-10-16(18)19-15/h7-10,19H,1-6H2. The summed E-state index contributed by atoms with van der Waals surface area (Å²) in [5.41, 5.74) is 9.12. The maximum atomic E-state index is 3.64. The molecule has 0 amide bonds. The van der Waals surface area contributed by atoms with Crippen LogP contribution < -0.4 is 0 Å². The summed E-state index contributed by atoms with van der Waals surface area (Å²) in [5, 5.41) is 3.09. The molecule has 3 aromatic rings. The van der Waals surface area contributed by atoms with Gasteiger partial charge in [0.2, 0.25) is 0 Å². The van der Waals surface area contributed by atoms with Crippen LogP contribution in [0.5, 0.6) is 0 Å². The molecule has 1 N–H and O–H groups in total. The number of hydrogen-bond donors (Lipinski definition) is 1. The van der Waals surface area contributed by atoms with Gasteiger partial charge in [-0.25, -0.2) is 0 Å². The van der Waals surface area contributed by atoms with Crippen LogP contribution in [0.2, 0.25) is 0 Å². The zero-order valence-corrected chi connectivity index (χ0v) is 11.1. The smallest absolute Gasteiger partial charge is 0.0467 e. The molecule has 0 fully saturated rings. The molecule has 0 aliphatic heterocycles. The summed E-state index contributed by atoms with van der Waals surface area (Å²) in [6.45, 7) is 0. The molecule has 0 radical (unpaired) electrons. The van der Waals surface area contributed by atoms with Crippen LogP contribution in [0.15, 0.2) is 24.3 Å². The van der Waals surface area contributed by atoms with Gasteiger partial charge >= 0.3 is 0 Å². The summed E-state index contributed by atoms with van der Waals surface area (Å²) in [6, 6.07) is 9.25. The van der Waals surface area contributed by atoms with E-state index in [9.17, 15) is 0 Å². The van der Waals surface area contributed by atoms with Crippen molar-refractivity contribution < 1.29 is 0 Å². The number of hydrogen-bond acceptors (Lipinski definition) is 0. The molecule has 1 nitrogen and oxygen atoms in total. The highest BCUT2D eigenvalue weighted by molar-refractivity contribution is 6.11. The molecule has 1 aromatic heterocycles. The van der Waals surface area contributed by atoms with Crippen molar-refractivity contribution in [3.05, 3.63) is 46.5 Å². The van der Waals surface area contributed by atoms with Crippen molar-refractivity contribution in [1.29, 1.82) is 0 Å². The molecule has 0 saturated heterocycles. The van der Waals surface area contributed by atoms with Crippen LogP contribution in [0.4, 0.5) is 0 Å². The van der Waals surface area contributed by atoms with Crippen molar-refractivity contribution in [2.45, 2.75) is 38.5 Å². The molecule has 0 saturated carbocycles. The molecule has 5 rings (SSSR count). The van der Waals surface area contributed by atoms with Crippen molar-refractivity contribution in [1.82, 2.24) is 4.98 Å². The molecule has 1 heteroatoms. The molecule has 19 heavy (non-hydrogen) atoms. The predicted molar refractivity (Wildman–Crippen MR) is 79.9 cm³/mol. The fourth-order valence-electron chi connectivity index (χ4n) is 4.26. The minimum Gasteiger partial charge on any atom is -0.354 e. The van der Waals surface area contributed by atoms with Crippen molar-refractivity contribution in [3.8, 4) is 0 Å². The molecular formula is C18H17N. The second kappa shape index (κ2) is 3.41. The van der Waals surface area contributed by atoms with Gasteiger partial charge in [-0.2, -0.15) is 0 Å². The SMILES string of the molecule is c1cc2[nH]c3ccc4c(c3c2c2c1CCC2)CCC4. The monoisotopic (exact) mass is 247 g/mol. The lowest BCUT2D eigenvalue weighted by molar-refractivity contribution is 0.912. The fraction of sp³-hybridized carbons (Fsp3) is 0.333. The number of benzene rings is 2. The van der Waals surface area contributed by atoms with Crippen LogP contribution in [0.1, 0.15) is 35.1 Å². The lowest BCUT2D eigenvalue weighted by atomic mass is 9.98. The summed E-state index contributed by atoms with van der Waals surface area (Å²) in [5.74, 6) is 0. The van der Waals surface area contributed by atoms with Gasteiger partial charge in [-0.3, -0.25) is 0 Å². The van der Waals surface area contributed by atoms with E-state index in [1.54, 1.807) is 33.0 Å². The van der Waals surface area contributed by atoms with Gasteiger partial charge in [0, 0.05) is 21.8 Å². The highest BCUT2D eigenvalue weighted by atomic mass is 14.7. The summed E-state index contributed by atoms with van der Waals surface area (Å²) >= 11 is 0. The molecular weight excluding hydrogens is 230 g/mol. The number of fused-ring (bicyclic) bond motifs is 7. The molecule has 1 heterocycles. The Kier molecular flexibility index (Phi) is 1.81. The molecule has 2 aliphatic rings. The summed E-state index contributed by atoms with van der Waals surface area (Å²) in [7, 11) is 0. The number of H-pyrrole nitrogens is 1. The molecule has 2 aliphatic carbocycles. The first-order valence-electron chi connectivity index (χ1n) is 7.49. The lowest BCUT2D eigenvalue weighted by Gasteiger charge is -2.05. The van der Waals surface area contributed by atoms with Crippen LogP contribution in [0.3, 0.4) is 0 Å². The maximum Gasteiger partial charge on any atom is 0.0467 e.